The fraction of sp³-hybridized carbons (Fsp3) is 0.250. The minimum absolute atomic E-state index is 0.0868. The number of quaternary nitrogens is 2. The highest BCUT2D eigenvalue weighted by molar-refractivity contribution is 6.03. The molecule has 3 aromatic carbocycles. The van der Waals surface area contributed by atoms with Gasteiger partial charge in [-0.25, -0.2) is 0 Å². The molecule has 6 heteroatoms. The number of nitrogens with one attached hydrogen (secondary N) is 3. The molecule has 4 rings (SSSR count). The summed E-state index contributed by atoms with van der Waals surface area (Å²) in [7, 11) is 0. The second kappa shape index (κ2) is 9.07. The maximum atomic E-state index is 12.5. The van der Waals surface area contributed by atoms with Crippen LogP contribution >= 0.6 is 0 Å². The smallest absolute Gasteiger partial charge is 0.279 e. The molecule has 3 aromatic rings. The van der Waals surface area contributed by atoms with Gasteiger partial charge >= 0.3 is 0 Å². The van der Waals surface area contributed by atoms with Crippen molar-refractivity contribution in [2.75, 3.05) is 38.0 Å². The highest BCUT2D eigenvalue weighted by atomic mass is 16.2. The molecule has 0 saturated carbocycles. The van der Waals surface area contributed by atoms with Gasteiger partial charge in [-0.15, -0.1) is 0 Å². The molecule has 1 heterocycles. The first-order valence-corrected chi connectivity index (χ1v) is 10.4. The molecule has 30 heavy (non-hydrogen) atoms. The lowest BCUT2D eigenvalue weighted by Crippen LogP contribution is -3.28. The molecule has 2 amide bonds. The van der Waals surface area contributed by atoms with Crippen molar-refractivity contribution in [2.24, 2.45) is 5.73 Å². The van der Waals surface area contributed by atoms with Crippen LogP contribution < -0.4 is 20.9 Å². The van der Waals surface area contributed by atoms with E-state index < -0.39 is 5.91 Å². The standard InChI is InChI=1S/C24H26N4O2/c25-24(30)21-10-3-4-11-22(21)26-23(29)17-28-14-12-27(13-15-28)16-19-8-5-7-18-6-1-2-9-20(18)19/h1-11H,12-17H2,(H2,25,30)(H,26,29)/p+2. The molecule has 5 N–H and O–H groups in total. The predicted molar refractivity (Wildman–Crippen MR) is 118 cm³/mol. The van der Waals surface area contributed by atoms with Gasteiger partial charge in [-0.1, -0.05) is 54.6 Å². The summed E-state index contributed by atoms with van der Waals surface area (Å²) >= 11 is 0. The SMILES string of the molecule is NC(=O)c1ccccc1NC(=O)C[NH+]1CC[NH+](Cc2cccc3ccccc23)CC1. The number of benzene rings is 3. The van der Waals surface area contributed by atoms with Crippen LogP contribution in [0, 0.1) is 0 Å². The van der Waals surface area contributed by atoms with Crippen LogP contribution in [-0.2, 0) is 11.3 Å². The summed E-state index contributed by atoms with van der Waals surface area (Å²) in [5.74, 6) is -0.625. The largest absolute Gasteiger partial charge is 0.366 e. The number of piperazine rings is 1. The first-order valence-electron chi connectivity index (χ1n) is 10.4. The molecule has 0 spiro atoms. The summed E-state index contributed by atoms with van der Waals surface area (Å²) < 4.78 is 0. The number of carbonyl (C=O) groups excluding carboxylic acids is 2. The molecule has 0 unspecified atom stereocenters. The van der Waals surface area contributed by atoms with Gasteiger partial charge in [0.1, 0.15) is 32.7 Å². The molecule has 6 nitrogen and oxygen atoms in total. The fourth-order valence-electron chi connectivity index (χ4n) is 4.26. The zero-order chi connectivity index (χ0) is 20.9. The van der Waals surface area contributed by atoms with Gasteiger partial charge in [-0.2, -0.15) is 0 Å². The Morgan fingerprint density at radius 1 is 0.833 bits per heavy atom. The van der Waals surface area contributed by atoms with E-state index in [4.69, 9.17) is 5.73 Å². The van der Waals surface area contributed by atoms with Crippen LogP contribution in [0.5, 0.6) is 0 Å². The van der Waals surface area contributed by atoms with Gasteiger partial charge < -0.3 is 20.9 Å². The Morgan fingerprint density at radius 2 is 1.50 bits per heavy atom. The van der Waals surface area contributed by atoms with E-state index in [0.717, 1.165) is 32.7 Å². The molecule has 0 aliphatic carbocycles. The van der Waals surface area contributed by atoms with Crippen molar-refractivity contribution in [2.45, 2.75) is 6.54 Å². The third kappa shape index (κ3) is 4.67. The molecular weight excluding hydrogens is 376 g/mol. The van der Waals surface area contributed by atoms with E-state index in [1.807, 2.05) is 0 Å². The topological polar surface area (TPSA) is 81.1 Å². The Morgan fingerprint density at radius 3 is 2.30 bits per heavy atom. The van der Waals surface area contributed by atoms with Crippen molar-refractivity contribution in [3.8, 4) is 0 Å². The van der Waals surface area contributed by atoms with Crippen molar-refractivity contribution in [1.82, 2.24) is 0 Å². The Balaban J connectivity index is 1.31. The lowest BCUT2D eigenvalue weighted by Gasteiger charge is -2.29. The summed E-state index contributed by atoms with van der Waals surface area (Å²) in [6.45, 7) is 5.37. The van der Waals surface area contributed by atoms with E-state index >= 15 is 0 Å². The Hall–Kier alpha value is -3.22. The Bertz CT molecular complexity index is 1050. The van der Waals surface area contributed by atoms with Gasteiger partial charge in [0.25, 0.3) is 11.8 Å². The molecule has 1 saturated heterocycles. The number of rotatable bonds is 6. The molecule has 1 aliphatic rings. The van der Waals surface area contributed by atoms with Crippen LogP contribution in [0.1, 0.15) is 15.9 Å². The summed E-state index contributed by atoms with van der Waals surface area (Å²) in [6.07, 6.45) is 0. The van der Waals surface area contributed by atoms with Gasteiger partial charge in [-0.05, 0) is 22.9 Å². The van der Waals surface area contributed by atoms with Crippen molar-refractivity contribution < 1.29 is 19.4 Å². The summed E-state index contributed by atoms with van der Waals surface area (Å²) in [4.78, 5) is 26.8. The van der Waals surface area contributed by atoms with Crippen LogP contribution in [-0.4, -0.2) is 44.5 Å². The number of carbonyl (C=O) groups is 2. The number of fused-ring (bicyclic) bond motifs is 1. The van der Waals surface area contributed by atoms with Gasteiger partial charge in [0.05, 0.1) is 11.3 Å². The maximum Gasteiger partial charge on any atom is 0.279 e. The lowest BCUT2D eigenvalue weighted by molar-refractivity contribution is -1.01. The molecule has 0 radical (unpaired) electrons. The van der Waals surface area contributed by atoms with Crippen molar-refractivity contribution in [1.29, 1.82) is 0 Å². The van der Waals surface area contributed by atoms with Crippen molar-refractivity contribution in [3.05, 3.63) is 77.9 Å². The minimum Gasteiger partial charge on any atom is -0.366 e. The predicted octanol–water partition coefficient (Wildman–Crippen LogP) is -0.139. The van der Waals surface area contributed by atoms with Gasteiger partial charge in [0, 0.05) is 5.56 Å². The van der Waals surface area contributed by atoms with E-state index in [-0.39, 0.29) is 5.91 Å². The van der Waals surface area contributed by atoms with E-state index in [1.165, 1.54) is 21.2 Å². The van der Waals surface area contributed by atoms with Crippen molar-refractivity contribution in [3.63, 3.8) is 0 Å². The Labute approximate surface area is 176 Å². The third-order valence-electron chi connectivity index (χ3n) is 5.86. The number of primary amides is 1. The zero-order valence-electron chi connectivity index (χ0n) is 17.0. The van der Waals surface area contributed by atoms with Gasteiger partial charge in [0.15, 0.2) is 6.54 Å². The van der Waals surface area contributed by atoms with E-state index in [0.29, 0.717) is 17.8 Å². The molecule has 154 valence electrons. The average molecular weight is 405 g/mol. The van der Waals surface area contributed by atoms with Gasteiger partial charge in [-0.3, -0.25) is 9.59 Å². The lowest BCUT2D eigenvalue weighted by atomic mass is 10.0. The van der Waals surface area contributed by atoms with Crippen molar-refractivity contribution >= 4 is 28.3 Å². The number of hydrogen-bond acceptors (Lipinski definition) is 2. The minimum atomic E-state index is -0.538. The summed E-state index contributed by atoms with van der Waals surface area (Å²) in [5.41, 5.74) is 7.59. The van der Waals surface area contributed by atoms with Crippen LogP contribution in [0.2, 0.25) is 0 Å². The molecular formula is C24H28N4O2+2. The third-order valence-corrected chi connectivity index (χ3v) is 5.86. The fourth-order valence-corrected chi connectivity index (χ4v) is 4.26. The van der Waals surface area contributed by atoms with E-state index in [1.54, 1.807) is 29.2 Å². The number of hydrogen-bond donors (Lipinski definition) is 4. The molecule has 0 atom stereocenters. The normalized spacial score (nSPS) is 18.8. The van der Waals surface area contributed by atoms with Crippen LogP contribution in [0.25, 0.3) is 10.8 Å². The second-order valence-electron chi connectivity index (χ2n) is 7.95. The second-order valence-corrected chi connectivity index (χ2v) is 7.95. The molecule has 0 bridgehead atoms. The highest BCUT2D eigenvalue weighted by Gasteiger charge is 2.25. The first-order chi connectivity index (χ1) is 14.6. The summed E-state index contributed by atoms with van der Waals surface area (Å²) in [6, 6.07) is 21.9. The van der Waals surface area contributed by atoms with Crippen LogP contribution in [0.15, 0.2) is 66.7 Å². The zero-order valence-corrected chi connectivity index (χ0v) is 17.0. The maximum absolute atomic E-state index is 12.5. The number of anilines is 1. The highest BCUT2D eigenvalue weighted by Crippen LogP contribution is 2.17. The van der Waals surface area contributed by atoms with Crippen LogP contribution in [0.4, 0.5) is 5.69 Å². The number of amides is 2. The summed E-state index contributed by atoms with van der Waals surface area (Å²) in [5, 5.41) is 5.46. The molecule has 0 aromatic heterocycles. The first kappa shape index (κ1) is 20.1. The molecule has 1 aliphatic heterocycles. The average Bonchev–Trinajstić information content (AvgIpc) is 2.75. The van der Waals surface area contributed by atoms with E-state index in [2.05, 4.69) is 47.8 Å². The Kier molecular flexibility index (Phi) is 6.07. The van der Waals surface area contributed by atoms with Crippen LogP contribution in [0.3, 0.4) is 0 Å². The molecule has 1 fully saturated rings. The number of para-hydroxylation sites is 1. The monoisotopic (exact) mass is 404 g/mol. The number of nitrogens with two attached hydrogens (primary N) is 1. The van der Waals surface area contributed by atoms with Gasteiger partial charge in [0.2, 0.25) is 0 Å². The van der Waals surface area contributed by atoms with E-state index in [9.17, 15) is 9.59 Å². The quantitative estimate of drug-likeness (QED) is 0.461.